The van der Waals surface area contributed by atoms with Crippen LogP contribution < -0.4 is 25.6 Å². The highest BCUT2D eigenvalue weighted by molar-refractivity contribution is 7.20. The fourth-order valence-corrected chi connectivity index (χ4v) is 16.5. The van der Waals surface area contributed by atoms with E-state index in [0.29, 0.717) is 0 Å². The molecular formula is C69H51NSi. The standard InChI is InChI=1S/C69H51NSi/c1-69(2)67-23-13-12-22-65(67)66-47-60(37-43-68(66)69)70(58-33-24-52(25-34-58)48-14-4-3-5-15-48)59-35-26-53(27-36-59)54-28-38-61(39-29-54)71(62-40-30-49-16-6-9-19-55(49)44-62,63-41-31-50-17-7-10-20-56(50)45-63)64-42-32-51-18-8-11-21-57(51)46-64/h3-47H,1-2H3. The van der Waals surface area contributed by atoms with E-state index in [0.717, 1.165) is 17.1 Å². The zero-order valence-electron chi connectivity index (χ0n) is 39.9. The predicted octanol–water partition coefficient (Wildman–Crippen LogP) is 15.6. The maximum atomic E-state index is 2.47. The van der Waals surface area contributed by atoms with Gasteiger partial charge in [0.1, 0.15) is 0 Å². The Hall–Kier alpha value is -8.56. The Morgan fingerprint density at radius 2 is 0.634 bits per heavy atom. The molecule has 336 valence electrons. The zero-order valence-corrected chi connectivity index (χ0v) is 40.9. The van der Waals surface area contributed by atoms with Gasteiger partial charge in [-0.2, -0.15) is 0 Å². The first kappa shape index (κ1) is 42.5. The number of benzene rings is 12. The van der Waals surface area contributed by atoms with Crippen LogP contribution in [0.25, 0.3) is 65.7 Å². The minimum absolute atomic E-state index is 0.0631. The van der Waals surface area contributed by atoms with Crippen molar-refractivity contribution in [2.24, 2.45) is 0 Å². The largest absolute Gasteiger partial charge is 0.310 e. The van der Waals surface area contributed by atoms with E-state index in [4.69, 9.17) is 0 Å². The summed E-state index contributed by atoms with van der Waals surface area (Å²) in [7, 11) is -2.95. The van der Waals surface area contributed by atoms with Crippen molar-refractivity contribution in [2.75, 3.05) is 4.90 Å². The topological polar surface area (TPSA) is 3.24 Å². The van der Waals surface area contributed by atoms with E-state index in [1.807, 2.05) is 0 Å². The smallest absolute Gasteiger partial charge is 0.179 e. The summed E-state index contributed by atoms with van der Waals surface area (Å²) >= 11 is 0. The van der Waals surface area contributed by atoms with Crippen LogP contribution in [0.3, 0.4) is 0 Å². The molecule has 0 fully saturated rings. The van der Waals surface area contributed by atoms with E-state index in [1.54, 1.807) is 0 Å². The fourth-order valence-electron chi connectivity index (χ4n) is 11.7. The normalized spacial score (nSPS) is 12.8. The van der Waals surface area contributed by atoms with E-state index >= 15 is 0 Å². The van der Waals surface area contributed by atoms with E-state index < -0.39 is 8.07 Å². The van der Waals surface area contributed by atoms with Gasteiger partial charge >= 0.3 is 0 Å². The first-order valence-electron chi connectivity index (χ1n) is 24.8. The summed E-state index contributed by atoms with van der Waals surface area (Å²) < 4.78 is 0. The molecule has 0 saturated heterocycles. The number of anilines is 3. The average molecular weight is 922 g/mol. The molecule has 0 unspecified atom stereocenters. The van der Waals surface area contributed by atoms with Crippen molar-refractivity contribution in [3.63, 3.8) is 0 Å². The fraction of sp³-hybridized carbons (Fsp3) is 0.0435. The summed E-state index contributed by atoms with van der Waals surface area (Å²) in [6, 6.07) is 102. The number of rotatable bonds is 9. The maximum Gasteiger partial charge on any atom is 0.179 e. The van der Waals surface area contributed by atoms with Crippen LogP contribution in [0.4, 0.5) is 17.1 Å². The molecule has 0 bridgehead atoms. The van der Waals surface area contributed by atoms with E-state index in [2.05, 4.69) is 292 Å². The number of hydrogen-bond donors (Lipinski definition) is 0. The molecule has 1 aliphatic rings. The molecule has 2 heteroatoms. The molecule has 0 spiro atoms. The van der Waals surface area contributed by atoms with Gasteiger partial charge in [-0.05, 0) is 134 Å². The van der Waals surface area contributed by atoms with Crippen LogP contribution in [0.2, 0.25) is 0 Å². The molecule has 1 aliphatic carbocycles. The highest BCUT2D eigenvalue weighted by Gasteiger charge is 2.42. The van der Waals surface area contributed by atoms with Crippen molar-refractivity contribution in [1.29, 1.82) is 0 Å². The van der Waals surface area contributed by atoms with E-state index in [9.17, 15) is 0 Å². The second-order valence-electron chi connectivity index (χ2n) is 19.7. The van der Waals surface area contributed by atoms with Crippen LogP contribution >= 0.6 is 0 Å². The molecule has 1 nitrogen and oxygen atoms in total. The minimum Gasteiger partial charge on any atom is -0.310 e. The number of nitrogens with zero attached hydrogens (tertiary/aromatic N) is 1. The molecule has 0 radical (unpaired) electrons. The van der Waals surface area contributed by atoms with Crippen molar-refractivity contribution in [3.05, 3.63) is 284 Å². The van der Waals surface area contributed by atoms with Gasteiger partial charge in [0.05, 0.1) is 0 Å². The Kier molecular flexibility index (Phi) is 10.3. The summed E-state index contributed by atoms with van der Waals surface area (Å²) in [5, 5.41) is 13.0. The van der Waals surface area contributed by atoms with Gasteiger partial charge in [0.25, 0.3) is 0 Å². The summed E-state index contributed by atoms with van der Waals surface area (Å²) in [5.74, 6) is 0. The van der Waals surface area contributed by atoms with Crippen molar-refractivity contribution in [2.45, 2.75) is 19.3 Å². The van der Waals surface area contributed by atoms with Gasteiger partial charge in [0.15, 0.2) is 8.07 Å². The van der Waals surface area contributed by atoms with Crippen LogP contribution in [-0.4, -0.2) is 8.07 Å². The van der Waals surface area contributed by atoms with Gasteiger partial charge in [-0.25, -0.2) is 0 Å². The third kappa shape index (κ3) is 7.22. The Balaban J connectivity index is 0.935. The van der Waals surface area contributed by atoms with Crippen molar-refractivity contribution < 1.29 is 0 Å². The second-order valence-corrected chi connectivity index (χ2v) is 23.5. The molecular weight excluding hydrogens is 871 g/mol. The van der Waals surface area contributed by atoms with Gasteiger partial charge in [0, 0.05) is 22.5 Å². The first-order valence-corrected chi connectivity index (χ1v) is 26.8. The van der Waals surface area contributed by atoms with Crippen molar-refractivity contribution >= 4 is 78.2 Å². The quantitative estimate of drug-likeness (QED) is 0.103. The SMILES string of the molecule is CC1(C)c2ccccc2-c2cc(N(c3ccc(-c4ccccc4)cc3)c3ccc(-c4ccc([Si](c5ccc6ccccc6c5)(c5ccc6ccccc6c5)c5ccc6ccccc6c5)cc4)cc3)ccc21. The van der Waals surface area contributed by atoms with Gasteiger partial charge in [0.2, 0.25) is 0 Å². The van der Waals surface area contributed by atoms with E-state index in [1.165, 1.54) is 97.6 Å². The molecule has 13 rings (SSSR count). The van der Waals surface area contributed by atoms with Crippen molar-refractivity contribution in [3.8, 4) is 33.4 Å². The molecule has 12 aromatic carbocycles. The van der Waals surface area contributed by atoms with Crippen LogP contribution in [-0.2, 0) is 5.41 Å². The lowest BCUT2D eigenvalue weighted by atomic mass is 9.82. The minimum atomic E-state index is -2.95. The summed E-state index contributed by atoms with van der Waals surface area (Å²) in [5.41, 5.74) is 13.5. The summed E-state index contributed by atoms with van der Waals surface area (Å²) in [6.07, 6.45) is 0. The van der Waals surface area contributed by atoms with Crippen LogP contribution in [0.5, 0.6) is 0 Å². The molecule has 0 amide bonds. The van der Waals surface area contributed by atoms with Crippen LogP contribution in [0.15, 0.2) is 273 Å². The molecule has 0 saturated carbocycles. The first-order chi connectivity index (χ1) is 34.9. The Labute approximate surface area is 417 Å². The molecule has 12 aromatic rings. The molecule has 0 aromatic heterocycles. The lowest BCUT2D eigenvalue weighted by Gasteiger charge is -2.35. The highest BCUT2D eigenvalue weighted by atomic mass is 28.3. The highest BCUT2D eigenvalue weighted by Crippen LogP contribution is 2.50. The van der Waals surface area contributed by atoms with E-state index in [-0.39, 0.29) is 5.41 Å². The number of fused-ring (bicyclic) bond motifs is 6. The summed E-state index contributed by atoms with van der Waals surface area (Å²) in [4.78, 5) is 2.41. The van der Waals surface area contributed by atoms with Gasteiger partial charge < -0.3 is 4.90 Å². The van der Waals surface area contributed by atoms with Gasteiger partial charge in [-0.3, -0.25) is 0 Å². The van der Waals surface area contributed by atoms with Crippen LogP contribution in [0, 0.1) is 0 Å². The average Bonchev–Trinajstić information content (AvgIpc) is 3.66. The van der Waals surface area contributed by atoms with Crippen LogP contribution in [0.1, 0.15) is 25.0 Å². The lowest BCUT2D eigenvalue weighted by Crippen LogP contribution is -2.74. The lowest BCUT2D eigenvalue weighted by molar-refractivity contribution is 0.660. The Bertz CT molecular complexity index is 3750. The zero-order chi connectivity index (χ0) is 47.5. The Morgan fingerprint density at radius 1 is 0.268 bits per heavy atom. The van der Waals surface area contributed by atoms with Gasteiger partial charge in [-0.15, -0.1) is 0 Å². The third-order valence-corrected chi connectivity index (χ3v) is 20.1. The third-order valence-electron chi connectivity index (χ3n) is 15.4. The monoisotopic (exact) mass is 921 g/mol. The second kappa shape index (κ2) is 17.1. The molecule has 0 atom stereocenters. The molecule has 0 N–H and O–H groups in total. The summed E-state index contributed by atoms with van der Waals surface area (Å²) in [6.45, 7) is 4.70. The van der Waals surface area contributed by atoms with Gasteiger partial charge in [-0.1, -0.05) is 250 Å². The maximum absolute atomic E-state index is 2.95. The molecule has 71 heavy (non-hydrogen) atoms. The Morgan fingerprint density at radius 3 is 1.13 bits per heavy atom. The predicted molar refractivity (Wildman–Crippen MR) is 306 cm³/mol. The molecule has 0 aliphatic heterocycles. The molecule has 0 heterocycles. The van der Waals surface area contributed by atoms with Crippen molar-refractivity contribution in [1.82, 2.24) is 0 Å². The number of hydrogen-bond acceptors (Lipinski definition) is 1.